The maximum Gasteiger partial charge on any atom is 0.255 e. The van der Waals surface area contributed by atoms with Gasteiger partial charge in [-0.1, -0.05) is 12.1 Å². The first-order valence-electron chi connectivity index (χ1n) is 10.7. The molecule has 0 atom stereocenters. The zero-order chi connectivity index (χ0) is 24.6. The average Bonchev–Trinajstić information content (AvgIpc) is 2.88. The van der Waals surface area contributed by atoms with Crippen molar-refractivity contribution >= 4 is 35.0 Å². The number of ether oxygens (including phenoxy) is 1. The molecule has 8 heteroatoms. The number of nitrogens with one attached hydrogen (secondary N) is 2. The van der Waals surface area contributed by atoms with E-state index in [1.807, 2.05) is 30.5 Å². The van der Waals surface area contributed by atoms with Crippen LogP contribution < -0.4 is 15.4 Å². The summed E-state index contributed by atoms with van der Waals surface area (Å²) in [4.78, 5) is 30.5. The summed E-state index contributed by atoms with van der Waals surface area (Å²) in [7, 11) is 1.47. The summed E-state index contributed by atoms with van der Waals surface area (Å²) in [5.74, 6) is -0.100. The van der Waals surface area contributed by atoms with E-state index in [4.69, 9.17) is 4.74 Å². The van der Waals surface area contributed by atoms with Crippen LogP contribution in [0.1, 0.15) is 26.3 Å². The summed E-state index contributed by atoms with van der Waals surface area (Å²) in [6.07, 6.45) is 3.57. The molecule has 0 saturated heterocycles. The number of rotatable bonds is 8. The molecule has 0 radical (unpaired) electrons. The molecular formula is C27H22FN3O3S. The Morgan fingerprint density at radius 2 is 1.71 bits per heavy atom. The van der Waals surface area contributed by atoms with Crippen molar-refractivity contribution in [2.45, 2.75) is 10.6 Å². The predicted molar refractivity (Wildman–Crippen MR) is 136 cm³/mol. The lowest BCUT2D eigenvalue weighted by Gasteiger charge is -2.13. The van der Waals surface area contributed by atoms with Gasteiger partial charge in [-0.05, 0) is 72.3 Å². The first kappa shape index (κ1) is 24.0. The molecule has 176 valence electrons. The smallest absolute Gasteiger partial charge is 0.255 e. The summed E-state index contributed by atoms with van der Waals surface area (Å²) in [6, 6.07) is 21.5. The van der Waals surface area contributed by atoms with Crippen LogP contribution in [0.15, 0.2) is 96.2 Å². The van der Waals surface area contributed by atoms with Crippen LogP contribution in [0.25, 0.3) is 0 Å². The zero-order valence-electron chi connectivity index (χ0n) is 18.8. The summed E-state index contributed by atoms with van der Waals surface area (Å²) >= 11 is 1.66. The number of pyridine rings is 1. The van der Waals surface area contributed by atoms with Crippen LogP contribution in [0.4, 0.5) is 15.8 Å². The molecule has 0 aliphatic rings. The lowest BCUT2D eigenvalue weighted by Crippen LogP contribution is -2.15. The third-order valence-corrected chi connectivity index (χ3v) is 6.12. The van der Waals surface area contributed by atoms with Crippen molar-refractivity contribution in [1.29, 1.82) is 0 Å². The quantitative estimate of drug-likeness (QED) is 0.297. The Balaban J connectivity index is 1.42. The van der Waals surface area contributed by atoms with E-state index in [2.05, 4.69) is 15.6 Å². The fraction of sp³-hybridized carbons (Fsp3) is 0.0741. The van der Waals surface area contributed by atoms with Gasteiger partial charge in [-0.15, -0.1) is 11.8 Å². The molecule has 0 saturated carbocycles. The van der Waals surface area contributed by atoms with Crippen LogP contribution in [-0.2, 0) is 5.75 Å². The van der Waals surface area contributed by atoms with Crippen molar-refractivity contribution in [3.05, 3.63) is 114 Å². The largest absolute Gasteiger partial charge is 0.495 e. The van der Waals surface area contributed by atoms with Crippen molar-refractivity contribution in [2.75, 3.05) is 17.7 Å². The first-order valence-corrected chi connectivity index (χ1v) is 11.7. The Kier molecular flexibility index (Phi) is 7.74. The van der Waals surface area contributed by atoms with Crippen LogP contribution >= 0.6 is 11.8 Å². The number of amides is 2. The molecule has 0 spiro atoms. The number of anilines is 2. The molecule has 35 heavy (non-hydrogen) atoms. The molecule has 1 aromatic heterocycles. The molecule has 4 aromatic rings. The van der Waals surface area contributed by atoms with Gasteiger partial charge in [0.1, 0.15) is 11.6 Å². The maximum absolute atomic E-state index is 13.5. The van der Waals surface area contributed by atoms with E-state index >= 15 is 0 Å². The van der Waals surface area contributed by atoms with E-state index in [-0.39, 0.29) is 11.5 Å². The first-order chi connectivity index (χ1) is 17.0. The summed E-state index contributed by atoms with van der Waals surface area (Å²) in [6.45, 7) is 0. The lowest BCUT2D eigenvalue weighted by atomic mass is 10.2. The van der Waals surface area contributed by atoms with Crippen molar-refractivity contribution in [2.24, 2.45) is 0 Å². The van der Waals surface area contributed by atoms with Crippen molar-refractivity contribution in [3.8, 4) is 5.75 Å². The normalized spacial score (nSPS) is 10.5. The third kappa shape index (κ3) is 6.45. The summed E-state index contributed by atoms with van der Waals surface area (Å²) in [5.41, 5.74) is 2.61. The van der Waals surface area contributed by atoms with Gasteiger partial charge in [0, 0.05) is 39.9 Å². The van der Waals surface area contributed by atoms with Gasteiger partial charge >= 0.3 is 0 Å². The molecule has 1 heterocycles. The Bertz CT molecular complexity index is 1330. The van der Waals surface area contributed by atoms with Crippen LogP contribution in [0.3, 0.4) is 0 Å². The number of benzene rings is 3. The second-order valence-corrected chi connectivity index (χ2v) is 8.56. The Morgan fingerprint density at radius 3 is 2.43 bits per heavy atom. The number of nitrogens with zero attached hydrogens (tertiary/aromatic N) is 1. The van der Waals surface area contributed by atoms with Crippen molar-refractivity contribution in [1.82, 2.24) is 4.98 Å². The van der Waals surface area contributed by atoms with Crippen LogP contribution in [-0.4, -0.2) is 23.9 Å². The number of hydrogen-bond acceptors (Lipinski definition) is 5. The number of halogens is 1. The van der Waals surface area contributed by atoms with Gasteiger partial charge in [0.2, 0.25) is 0 Å². The zero-order valence-corrected chi connectivity index (χ0v) is 19.6. The molecule has 3 aromatic carbocycles. The lowest BCUT2D eigenvalue weighted by molar-refractivity contribution is 0.101. The van der Waals surface area contributed by atoms with Crippen LogP contribution in [0.2, 0.25) is 0 Å². The molecular weight excluding hydrogens is 465 g/mol. The topological polar surface area (TPSA) is 80.3 Å². The Hall–Kier alpha value is -4.17. The van der Waals surface area contributed by atoms with Gasteiger partial charge in [-0.2, -0.15) is 0 Å². The second kappa shape index (κ2) is 11.3. The number of aromatic nitrogens is 1. The predicted octanol–water partition coefficient (Wildman–Crippen LogP) is 6.03. The van der Waals surface area contributed by atoms with Gasteiger partial charge in [-0.25, -0.2) is 4.39 Å². The number of methoxy groups -OCH3 is 1. The molecule has 0 unspecified atom stereocenters. The van der Waals surface area contributed by atoms with Gasteiger partial charge in [0.25, 0.3) is 11.8 Å². The van der Waals surface area contributed by atoms with Gasteiger partial charge in [0.05, 0.1) is 12.8 Å². The molecule has 0 aliphatic carbocycles. The molecule has 2 N–H and O–H groups in total. The molecule has 0 fully saturated rings. The number of carbonyl (C=O) groups excluding carboxylic acids is 2. The van der Waals surface area contributed by atoms with Gasteiger partial charge in [0.15, 0.2) is 0 Å². The number of hydrogen-bond donors (Lipinski definition) is 2. The number of thioether (sulfide) groups is 1. The highest BCUT2D eigenvalue weighted by atomic mass is 32.2. The fourth-order valence-electron chi connectivity index (χ4n) is 3.26. The monoisotopic (exact) mass is 487 g/mol. The van der Waals surface area contributed by atoms with E-state index in [1.165, 1.54) is 25.3 Å². The summed E-state index contributed by atoms with van der Waals surface area (Å²) < 4.78 is 18.8. The van der Waals surface area contributed by atoms with Gasteiger partial charge < -0.3 is 15.4 Å². The highest BCUT2D eigenvalue weighted by Crippen LogP contribution is 2.29. The molecule has 0 bridgehead atoms. The van der Waals surface area contributed by atoms with Crippen molar-refractivity contribution < 1.29 is 18.7 Å². The molecule has 6 nitrogen and oxygen atoms in total. The number of carbonyl (C=O) groups is 2. The minimum Gasteiger partial charge on any atom is -0.495 e. The van der Waals surface area contributed by atoms with E-state index in [0.29, 0.717) is 22.7 Å². The molecule has 4 rings (SSSR count). The maximum atomic E-state index is 13.5. The third-order valence-electron chi connectivity index (χ3n) is 5.04. The van der Waals surface area contributed by atoms with E-state index in [9.17, 15) is 14.0 Å². The highest BCUT2D eigenvalue weighted by Gasteiger charge is 2.13. The Labute approximate surface area is 206 Å². The van der Waals surface area contributed by atoms with E-state index in [0.717, 1.165) is 22.3 Å². The van der Waals surface area contributed by atoms with E-state index in [1.54, 1.807) is 48.3 Å². The van der Waals surface area contributed by atoms with E-state index < -0.39 is 11.7 Å². The SMILES string of the molecule is COc1ccc(NC(=O)c2ccc(SCc3cccnc3)cc2)cc1NC(=O)c1cccc(F)c1. The van der Waals surface area contributed by atoms with Crippen molar-refractivity contribution in [3.63, 3.8) is 0 Å². The molecule has 2 amide bonds. The fourth-order valence-corrected chi connectivity index (χ4v) is 4.10. The standard InChI is InChI=1S/C27H22FN3O3S/c1-34-25-12-9-22(15-24(25)31-27(33)20-5-2-6-21(28)14-20)30-26(32)19-7-10-23(11-8-19)35-17-18-4-3-13-29-16-18/h2-16H,17H2,1H3,(H,30,32)(H,31,33). The highest BCUT2D eigenvalue weighted by molar-refractivity contribution is 7.98. The minimum absolute atomic E-state index is 0.169. The minimum atomic E-state index is -0.507. The van der Waals surface area contributed by atoms with Crippen LogP contribution in [0.5, 0.6) is 5.75 Å². The average molecular weight is 488 g/mol. The molecule has 0 aliphatic heterocycles. The van der Waals surface area contributed by atoms with Crippen LogP contribution in [0, 0.1) is 5.82 Å². The Morgan fingerprint density at radius 1 is 0.914 bits per heavy atom. The second-order valence-electron chi connectivity index (χ2n) is 7.51. The van der Waals surface area contributed by atoms with Gasteiger partial charge in [-0.3, -0.25) is 14.6 Å². The summed E-state index contributed by atoms with van der Waals surface area (Å²) in [5, 5.41) is 5.53.